The Morgan fingerprint density at radius 3 is 2.90 bits per heavy atom. The summed E-state index contributed by atoms with van der Waals surface area (Å²) >= 11 is 0. The standard InChI is InChI=1S/C15H15N3O2/c1-12-7-8-15(19)18(17-12)9-4-10-20-14-6-3-2-5-13(14)11-16/h2-3,5-8H,4,9-10H2,1H3. The molecule has 102 valence electrons. The molecule has 5 heteroatoms. The number of aryl methyl sites for hydroxylation is 2. The SMILES string of the molecule is Cc1ccc(=O)n(CCCOc2ccccc2C#N)n1. The monoisotopic (exact) mass is 269 g/mol. The molecule has 0 spiro atoms. The summed E-state index contributed by atoms with van der Waals surface area (Å²) in [5.74, 6) is 0.569. The lowest BCUT2D eigenvalue weighted by atomic mass is 10.2. The molecule has 2 aromatic rings. The van der Waals surface area contributed by atoms with Crippen LogP contribution in [0.5, 0.6) is 5.75 Å². The summed E-state index contributed by atoms with van der Waals surface area (Å²) in [6.07, 6.45) is 0.649. The highest BCUT2D eigenvalue weighted by Gasteiger charge is 2.02. The number of hydrogen-bond acceptors (Lipinski definition) is 4. The fourth-order valence-electron chi connectivity index (χ4n) is 1.79. The van der Waals surface area contributed by atoms with Crippen molar-refractivity contribution in [2.45, 2.75) is 19.9 Å². The summed E-state index contributed by atoms with van der Waals surface area (Å²) in [5, 5.41) is 13.1. The van der Waals surface area contributed by atoms with Crippen LogP contribution in [0.1, 0.15) is 17.7 Å². The summed E-state index contributed by atoms with van der Waals surface area (Å²) in [7, 11) is 0. The molecule has 5 nitrogen and oxygen atoms in total. The molecular weight excluding hydrogens is 254 g/mol. The predicted molar refractivity (Wildman–Crippen MR) is 74.5 cm³/mol. The summed E-state index contributed by atoms with van der Waals surface area (Å²) < 4.78 is 6.98. The molecule has 1 heterocycles. The molecule has 0 bridgehead atoms. The van der Waals surface area contributed by atoms with Gasteiger partial charge in [0.1, 0.15) is 11.8 Å². The van der Waals surface area contributed by atoms with E-state index < -0.39 is 0 Å². The van der Waals surface area contributed by atoms with Gasteiger partial charge in [-0.15, -0.1) is 0 Å². The average molecular weight is 269 g/mol. The zero-order chi connectivity index (χ0) is 14.4. The highest BCUT2D eigenvalue weighted by atomic mass is 16.5. The van der Waals surface area contributed by atoms with Crippen LogP contribution in [0.25, 0.3) is 0 Å². The molecule has 0 unspecified atom stereocenters. The third kappa shape index (κ3) is 3.45. The molecule has 0 atom stereocenters. The van der Waals surface area contributed by atoms with Crippen molar-refractivity contribution in [2.24, 2.45) is 0 Å². The number of ether oxygens (including phenoxy) is 1. The summed E-state index contributed by atoms with van der Waals surface area (Å²) in [4.78, 5) is 11.6. The summed E-state index contributed by atoms with van der Waals surface area (Å²) in [5.41, 5.74) is 1.20. The molecule has 0 fully saturated rings. The van der Waals surface area contributed by atoms with Gasteiger partial charge in [0, 0.05) is 19.0 Å². The third-order valence-electron chi connectivity index (χ3n) is 2.78. The molecule has 0 aliphatic carbocycles. The van der Waals surface area contributed by atoms with Crippen LogP contribution in [0.3, 0.4) is 0 Å². The minimum absolute atomic E-state index is 0.118. The number of aromatic nitrogens is 2. The van der Waals surface area contributed by atoms with Gasteiger partial charge in [0.05, 0.1) is 17.9 Å². The van der Waals surface area contributed by atoms with Crippen LogP contribution in [0.4, 0.5) is 0 Å². The molecule has 0 aliphatic rings. The second-order valence-electron chi connectivity index (χ2n) is 4.35. The first-order chi connectivity index (χ1) is 9.70. The molecule has 0 N–H and O–H groups in total. The Bertz CT molecular complexity index is 686. The Morgan fingerprint density at radius 2 is 2.10 bits per heavy atom. The van der Waals surface area contributed by atoms with Crippen LogP contribution in [0.15, 0.2) is 41.2 Å². The second-order valence-corrected chi connectivity index (χ2v) is 4.35. The zero-order valence-electron chi connectivity index (χ0n) is 11.2. The van der Waals surface area contributed by atoms with Crippen molar-refractivity contribution in [1.29, 1.82) is 5.26 Å². The smallest absolute Gasteiger partial charge is 0.266 e. The van der Waals surface area contributed by atoms with E-state index in [1.807, 2.05) is 13.0 Å². The summed E-state index contributed by atoms with van der Waals surface area (Å²) in [6, 6.07) is 12.4. The van der Waals surface area contributed by atoms with Crippen LogP contribution >= 0.6 is 0 Å². The highest BCUT2D eigenvalue weighted by molar-refractivity contribution is 5.42. The Labute approximate surface area is 117 Å². The first-order valence-corrected chi connectivity index (χ1v) is 6.37. The van der Waals surface area contributed by atoms with Crippen LogP contribution < -0.4 is 10.3 Å². The number of nitriles is 1. The van der Waals surface area contributed by atoms with Crippen molar-refractivity contribution in [1.82, 2.24) is 9.78 Å². The minimum Gasteiger partial charge on any atom is -0.492 e. The Kier molecular flexibility index (Phi) is 4.51. The molecule has 0 radical (unpaired) electrons. The highest BCUT2D eigenvalue weighted by Crippen LogP contribution is 2.16. The van der Waals surface area contributed by atoms with Crippen LogP contribution in [-0.4, -0.2) is 16.4 Å². The van der Waals surface area contributed by atoms with Crippen molar-refractivity contribution >= 4 is 0 Å². The number of nitrogens with zero attached hydrogens (tertiary/aromatic N) is 3. The van der Waals surface area contributed by atoms with Crippen molar-refractivity contribution in [2.75, 3.05) is 6.61 Å². The maximum Gasteiger partial charge on any atom is 0.266 e. The van der Waals surface area contributed by atoms with Gasteiger partial charge in [0.25, 0.3) is 5.56 Å². The average Bonchev–Trinajstić information content (AvgIpc) is 2.47. The Morgan fingerprint density at radius 1 is 1.30 bits per heavy atom. The molecular formula is C15H15N3O2. The van der Waals surface area contributed by atoms with Gasteiger partial charge in [-0.05, 0) is 25.1 Å². The second kappa shape index (κ2) is 6.53. The number of rotatable bonds is 5. The van der Waals surface area contributed by atoms with Crippen LogP contribution in [-0.2, 0) is 6.54 Å². The van der Waals surface area contributed by atoms with Gasteiger partial charge in [0.15, 0.2) is 0 Å². The molecule has 1 aromatic carbocycles. The lowest BCUT2D eigenvalue weighted by Crippen LogP contribution is -2.23. The fraction of sp³-hybridized carbons (Fsp3) is 0.267. The van der Waals surface area contributed by atoms with Crippen molar-refractivity contribution < 1.29 is 4.74 Å². The van der Waals surface area contributed by atoms with Gasteiger partial charge >= 0.3 is 0 Å². The van der Waals surface area contributed by atoms with Crippen molar-refractivity contribution in [3.8, 4) is 11.8 Å². The maximum absolute atomic E-state index is 11.6. The molecule has 0 amide bonds. The van der Waals surface area contributed by atoms with E-state index in [2.05, 4.69) is 11.2 Å². The Balaban J connectivity index is 1.90. The molecule has 0 saturated heterocycles. The normalized spacial score (nSPS) is 10.0. The van der Waals surface area contributed by atoms with E-state index in [-0.39, 0.29) is 5.56 Å². The predicted octanol–water partition coefficient (Wildman–Crippen LogP) is 1.89. The molecule has 0 saturated carbocycles. The van der Waals surface area contributed by atoms with Gasteiger partial charge in [-0.2, -0.15) is 10.4 Å². The van der Waals surface area contributed by atoms with Gasteiger partial charge in [0.2, 0.25) is 0 Å². The van der Waals surface area contributed by atoms with Gasteiger partial charge in [-0.3, -0.25) is 4.79 Å². The van der Waals surface area contributed by atoms with E-state index in [4.69, 9.17) is 10.00 Å². The first-order valence-electron chi connectivity index (χ1n) is 6.37. The molecule has 2 rings (SSSR count). The summed E-state index contributed by atoms with van der Waals surface area (Å²) in [6.45, 7) is 2.77. The lowest BCUT2D eigenvalue weighted by Gasteiger charge is -2.08. The quantitative estimate of drug-likeness (QED) is 0.777. The Hall–Kier alpha value is -2.61. The molecule has 0 aliphatic heterocycles. The zero-order valence-corrected chi connectivity index (χ0v) is 11.2. The van der Waals surface area contributed by atoms with E-state index in [0.29, 0.717) is 30.9 Å². The number of benzene rings is 1. The van der Waals surface area contributed by atoms with Crippen molar-refractivity contribution in [3.63, 3.8) is 0 Å². The van der Waals surface area contributed by atoms with E-state index in [0.717, 1.165) is 5.69 Å². The van der Waals surface area contributed by atoms with Gasteiger partial charge in [-0.1, -0.05) is 12.1 Å². The van der Waals surface area contributed by atoms with E-state index in [9.17, 15) is 4.79 Å². The van der Waals surface area contributed by atoms with E-state index in [1.54, 1.807) is 24.3 Å². The van der Waals surface area contributed by atoms with Gasteiger partial charge < -0.3 is 4.74 Å². The largest absolute Gasteiger partial charge is 0.492 e. The number of para-hydroxylation sites is 1. The first kappa shape index (κ1) is 13.8. The van der Waals surface area contributed by atoms with Gasteiger partial charge in [-0.25, -0.2) is 4.68 Å². The molecule has 1 aromatic heterocycles. The van der Waals surface area contributed by atoms with Crippen molar-refractivity contribution in [3.05, 3.63) is 58.0 Å². The van der Waals surface area contributed by atoms with Crippen LogP contribution in [0.2, 0.25) is 0 Å². The maximum atomic E-state index is 11.6. The molecule has 20 heavy (non-hydrogen) atoms. The van der Waals surface area contributed by atoms with Crippen LogP contribution in [0, 0.1) is 18.3 Å². The lowest BCUT2D eigenvalue weighted by molar-refractivity contribution is 0.296. The fourth-order valence-corrected chi connectivity index (χ4v) is 1.79. The topological polar surface area (TPSA) is 67.9 Å². The van der Waals surface area contributed by atoms with E-state index in [1.165, 1.54) is 10.7 Å². The third-order valence-corrected chi connectivity index (χ3v) is 2.78. The van der Waals surface area contributed by atoms with E-state index >= 15 is 0 Å². The number of hydrogen-bond donors (Lipinski definition) is 0. The minimum atomic E-state index is -0.118.